The number of thioether (sulfide) groups is 1. The number of nitrogens with zero attached hydrogens (tertiary/aromatic N) is 1. The lowest BCUT2D eigenvalue weighted by Gasteiger charge is -2.15. The van der Waals surface area contributed by atoms with Crippen LogP contribution >= 0.6 is 24.0 Å². The minimum absolute atomic E-state index is 0.232. The minimum atomic E-state index is -0.453. The van der Waals surface area contributed by atoms with E-state index in [0.717, 1.165) is 22.3 Å². The van der Waals surface area contributed by atoms with Crippen molar-refractivity contribution in [3.63, 3.8) is 0 Å². The van der Waals surface area contributed by atoms with Crippen molar-refractivity contribution in [2.24, 2.45) is 0 Å². The number of hydrogen-bond donors (Lipinski definition) is 1. The number of amides is 2. The fraction of sp³-hybridized carbons (Fsp3) is 0.136. The Kier molecular flexibility index (Phi) is 7.32. The lowest BCUT2D eigenvalue weighted by atomic mass is 10.2. The van der Waals surface area contributed by atoms with Gasteiger partial charge in [-0.05, 0) is 60.3 Å². The molecule has 1 saturated heterocycles. The summed E-state index contributed by atoms with van der Waals surface area (Å²) in [6.45, 7) is 3.97. The van der Waals surface area contributed by atoms with E-state index in [9.17, 15) is 9.59 Å². The molecule has 1 aliphatic rings. The van der Waals surface area contributed by atoms with Crippen LogP contribution in [-0.2, 0) is 4.79 Å². The molecule has 31 heavy (non-hydrogen) atoms. The van der Waals surface area contributed by atoms with Gasteiger partial charge in [0, 0.05) is 5.56 Å². The maximum Gasteiger partial charge on any atom is 0.285 e. The number of rotatable bonds is 8. The Labute approximate surface area is 189 Å². The maximum atomic E-state index is 12.8. The monoisotopic (exact) mass is 456 g/mol. The van der Waals surface area contributed by atoms with Gasteiger partial charge in [0.2, 0.25) is 0 Å². The first-order valence-electron chi connectivity index (χ1n) is 9.11. The second-order valence-corrected chi connectivity index (χ2v) is 7.87. The zero-order valence-corrected chi connectivity index (χ0v) is 18.5. The Morgan fingerprint density at radius 1 is 1.16 bits per heavy atom. The van der Waals surface area contributed by atoms with E-state index in [0.29, 0.717) is 34.3 Å². The average Bonchev–Trinajstić information content (AvgIpc) is 3.05. The Morgan fingerprint density at radius 2 is 1.90 bits per heavy atom. The number of hydrazine groups is 1. The molecule has 2 aromatic carbocycles. The molecular weight excluding hydrogens is 436 g/mol. The molecular formula is C22H20N2O5S2. The van der Waals surface area contributed by atoms with Gasteiger partial charge < -0.3 is 14.2 Å². The van der Waals surface area contributed by atoms with Crippen LogP contribution in [0.1, 0.15) is 15.9 Å². The molecule has 0 unspecified atom stereocenters. The summed E-state index contributed by atoms with van der Waals surface area (Å²) in [7, 11) is 3.08. The van der Waals surface area contributed by atoms with E-state index in [1.54, 1.807) is 61.7 Å². The molecule has 0 aromatic heterocycles. The highest BCUT2D eigenvalue weighted by atomic mass is 32.2. The number of methoxy groups -OCH3 is 2. The van der Waals surface area contributed by atoms with Crippen LogP contribution in [0.5, 0.6) is 17.2 Å². The Hall–Kier alpha value is -3.30. The number of carbonyl (C=O) groups excluding carboxylic acids is 2. The van der Waals surface area contributed by atoms with Crippen LogP contribution in [-0.4, -0.2) is 42.0 Å². The number of carbonyl (C=O) groups is 2. The minimum Gasteiger partial charge on any atom is -0.497 e. The zero-order chi connectivity index (χ0) is 22.4. The molecule has 0 radical (unpaired) electrons. The van der Waals surface area contributed by atoms with Gasteiger partial charge in [-0.15, -0.1) is 0 Å². The van der Waals surface area contributed by atoms with Crippen LogP contribution in [0, 0.1) is 0 Å². The molecule has 0 aliphatic carbocycles. The van der Waals surface area contributed by atoms with Crippen LogP contribution in [0.25, 0.3) is 6.08 Å². The van der Waals surface area contributed by atoms with Gasteiger partial charge in [-0.25, -0.2) is 0 Å². The van der Waals surface area contributed by atoms with Crippen molar-refractivity contribution < 1.29 is 23.8 Å². The SMILES string of the molecule is C=CCOc1ccc(/C=C2/SC(=S)N(NC(=O)c3ccc(OC)cc3)C2=O)cc1OC. The number of benzene rings is 2. The molecule has 1 N–H and O–H groups in total. The normalized spacial score (nSPS) is 14.5. The van der Waals surface area contributed by atoms with Crippen LogP contribution < -0.4 is 19.6 Å². The van der Waals surface area contributed by atoms with E-state index in [1.807, 2.05) is 0 Å². The van der Waals surface area contributed by atoms with Gasteiger partial charge in [-0.3, -0.25) is 15.0 Å². The van der Waals surface area contributed by atoms with Crippen molar-refractivity contribution in [3.05, 3.63) is 71.2 Å². The van der Waals surface area contributed by atoms with Gasteiger partial charge in [0.1, 0.15) is 12.4 Å². The molecule has 0 saturated carbocycles. The molecule has 0 bridgehead atoms. The predicted octanol–water partition coefficient (Wildman–Crippen LogP) is 3.81. The van der Waals surface area contributed by atoms with Crippen molar-refractivity contribution in [1.82, 2.24) is 10.4 Å². The van der Waals surface area contributed by atoms with E-state index in [2.05, 4.69) is 12.0 Å². The Bertz CT molecular complexity index is 1050. The summed E-state index contributed by atoms with van der Waals surface area (Å²) >= 11 is 6.37. The van der Waals surface area contributed by atoms with Gasteiger partial charge in [0.25, 0.3) is 11.8 Å². The van der Waals surface area contributed by atoms with Crippen molar-refractivity contribution >= 4 is 46.2 Å². The molecule has 1 fully saturated rings. The van der Waals surface area contributed by atoms with Crippen molar-refractivity contribution in [3.8, 4) is 17.2 Å². The van der Waals surface area contributed by atoms with E-state index < -0.39 is 11.8 Å². The predicted molar refractivity (Wildman–Crippen MR) is 124 cm³/mol. The highest BCUT2D eigenvalue weighted by molar-refractivity contribution is 8.26. The average molecular weight is 457 g/mol. The quantitative estimate of drug-likeness (QED) is 0.368. The van der Waals surface area contributed by atoms with Crippen molar-refractivity contribution in [1.29, 1.82) is 0 Å². The highest BCUT2D eigenvalue weighted by Crippen LogP contribution is 2.34. The third kappa shape index (κ3) is 5.25. The molecule has 7 nitrogen and oxygen atoms in total. The summed E-state index contributed by atoms with van der Waals surface area (Å²) in [5, 5.41) is 1.07. The number of hydrogen-bond acceptors (Lipinski definition) is 7. The summed E-state index contributed by atoms with van der Waals surface area (Å²) in [6, 6.07) is 11.8. The standard InChI is InChI=1S/C22H20N2O5S2/c1-4-11-29-17-10-5-14(12-18(17)28-3)13-19-21(26)24(22(30)31-19)23-20(25)15-6-8-16(27-2)9-7-15/h4-10,12-13H,1,11H2,2-3H3,(H,23,25)/b19-13+. The lowest BCUT2D eigenvalue weighted by molar-refractivity contribution is -0.123. The maximum absolute atomic E-state index is 12.8. The third-order valence-electron chi connectivity index (χ3n) is 4.20. The van der Waals surface area contributed by atoms with E-state index in [4.69, 9.17) is 26.4 Å². The Balaban J connectivity index is 1.75. The third-order valence-corrected chi connectivity index (χ3v) is 5.50. The van der Waals surface area contributed by atoms with Gasteiger partial charge in [0.05, 0.1) is 19.1 Å². The van der Waals surface area contributed by atoms with Crippen molar-refractivity contribution in [2.75, 3.05) is 20.8 Å². The van der Waals surface area contributed by atoms with E-state index >= 15 is 0 Å². The van der Waals surface area contributed by atoms with Gasteiger partial charge in [-0.1, -0.05) is 30.5 Å². The van der Waals surface area contributed by atoms with Crippen LogP contribution in [0.2, 0.25) is 0 Å². The second-order valence-electron chi connectivity index (χ2n) is 6.20. The van der Waals surface area contributed by atoms with Crippen molar-refractivity contribution in [2.45, 2.75) is 0 Å². The van der Waals surface area contributed by atoms with Crippen LogP contribution in [0.3, 0.4) is 0 Å². The molecule has 0 atom stereocenters. The van der Waals surface area contributed by atoms with E-state index in [-0.39, 0.29) is 4.32 Å². The van der Waals surface area contributed by atoms with E-state index in [1.165, 1.54) is 7.11 Å². The summed E-state index contributed by atoms with van der Waals surface area (Å²) in [4.78, 5) is 25.7. The fourth-order valence-corrected chi connectivity index (χ4v) is 3.85. The molecule has 1 aliphatic heterocycles. The van der Waals surface area contributed by atoms with Crippen LogP contribution in [0.15, 0.2) is 60.0 Å². The first-order valence-corrected chi connectivity index (χ1v) is 10.3. The summed E-state index contributed by atoms with van der Waals surface area (Å²) in [5.41, 5.74) is 3.65. The van der Waals surface area contributed by atoms with Gasteiger partial charge in [-0.2, -0.15) is 5.01 Å². The zero-order valence-electron chi connectivity index (χ0n) is 16.9. The lowest BCUT2D eigenvalue weighted by Crippen LogP contribution is -2.44. The molecule has 3 rings (SSSR count). The number of nitrogens with one attached hydrogen (secondary N) is 1. The smallest absolute Gasteiger partial charge is 0.285 e. The molecule has 1 heterocycles. The summed E-state index contributed by atoms with van der Waals surface area (Å²) in [6.07, 6.45) is 3.32. The molecule has 2 amide bonds. The molecule has 9 heteroatoms. The first-order chi connectivity index (χ1) is 15.0. The highest BCUT2D eigenvalue weighted by Gasteiger charge is 2.33. The summed E-state index contributed by atoms with van der Waals surface area (Å²) < 4.78 is 16.2. The Morgan fingerprint density at radius 3 is 2.55 bits per heavy atom. The topological polar surface area (TPSA) is 77.1 Å². The first kappa shape index (κ1) is 22.4. The van der Waals surface area contributed by atoms with Gasteiger partial charge in [0.15, 0.2) is 15.8 Å². The number of ether oxygens (including phenoxy) is 3. The van der Waals surface area contributed by atoms with Crippen LogP contribution in [0.4, 0.5) is 0 Å². The molecule has 2 aromatic rings. The number of thiocarbonyl (C=S) groups is 1. The largest absolute Gasteiger partial charge is 0.497 e. The second kappa shape index (κ2) is 10.1. The summed E-state index contributed by atoms with van der Waals surface area (Å²) in [5.74, 6) is 0.854. The fourth-order valence-electron chi connectivity index (χ4n) is 2.67. The molecule has 0 spiro atoms. The molecule has 160 valence electrons. The van der Waals surface area contributed by atoms with Gasteiger partial charge >= 0.3 is 0 Å².